The number of carbonyl (C=O) groups excluding carboxylic acids is 1. The summed E-state index contributed by atoms with van der Waals surface area (Å²) in [5, 5.41) is 4.77. The lowest BCUT2D eigenvalue weighted by molar-refractivity contribution is 0.256. The molecular weight excluding hydrogens is 476 g/mol. The average Bonchev–Trinajstić information content (AvgIpc) is 3.09. The second-order valence-corrected chi connectivity index (χ2v) is 9.70. The summed E-state index contributed by atoms with van der Waals surface area (Å²) in [6.07, 6.45) is 0.838. The summed E-state index contributed by atoms with van der Waals surface area (Å²) in [7, 11) is -5.99. The zero-order valence-corrected chi connectivity index (χ0v) is 18.5. The van der Waals surface area contributed by atoms with Gasteiger partial charge in [-0.15, -0.1) is 5.10 Å². The van der Waals surface area contributed by atoms with E-state index in [1.165, 1.54) is 38.5 Å². The lowest BCUT2D eigenvalue weighted by Crippen LogP contribution is -2.35. The van der Waals surface area contributed by atoms with Crippen LogP contribution in [0.25, 0.3) is 10.9 Å². The molecule has 2 aromatic heterocycles. The van der Waals surface area contributed by atoms with Gasteiger partial charge in [0.05, 0.1) is 42.5 Å². The normalized spacial score (nSPS) is 11.9. The number of benzene rings is 1. The van der Waals surface area contributed by atoms with Gasteiger partial charge < -0.3 is 9.47 Å². The van der Waals surface area contributed by atoms with Gasteiger partial charge in [-0.3, -0.25) is 5.32 Å². The molecule has 0 radical (unpaired) electrons. The highest BCUT2D eigenvalue weighted by atomic mass is 35.5. The van der Waals surface area contributed by atoms with Crippen LogP contribution in [0.15, 0.2) is 29.3 Å². The fraction of sp³-hybridized carbons (Fsp3) is 0.200. The maximum Gasteiger partial charge on any atom is 0.335 e. The Kier molecular flexibility index (Phi) is 5.93. The molecule has 2 N–H and O–H groups in total. The topological polar surface area (TPSA) is 171 Å². The maximum absolute atomic E-state index is 12.8. The Morgan fingerprint density at radius 1 is 1.10 bits per heavy atom. The molecule has 13 nitrogen and oxygen atoms in total. The number of anilines is 1. The molecule has 0 atom stereocenters. The summed E-state index contributed by atoms with van der Waals surface area (Å²) < 4.78 is 61.7. The molecule has 2 amide bonds. The predicted molar refractivity (Wildman–Crippen MR) is 109 cm³/mol. The summed E-state index contributed by atoms with van der Waals surface area (Å²) in [6, 6.07) is 4.20. The van der Waals surface area contributed by atoms with Crippen LogP contribution < -0.4 is 19.5 Å². The van der Waals surface area contributed by atoms with E-state index < -0.39 is 31.1 Å². The number of carbonyl (C=O) groups is 1. The molecule has 0 saturated carbocycles. The van der Waals surface area contributed by atoms with Crippen LogP contribution in [-0.4, -0.2) is 62.5 Å². The Morgan fingerprint density at radius 3 is 2.26 bits per heavy atom. The Bertz CT molecular complexity index is 1370. The molecule has 0 spiro atoms. The van der Waals surface area contributed by atoms with E-state index in [-0.39, 0.29) is 33.6 Å². The molecule has 0 fully saturated rings. The minimum Gasteiger partial charge on any atom is -0.481 e. The first-order valence-electron chi connectivity index (χ1n) is 8.15. The van der Waals surface area contributed by atoms with Crippen molar-refractivity contribution in [3.63, 3.8) is 0 Å². The molecule has 31 heavy (non-hydrogen) atoms. The van der Waals surface area contributed by atoms with Crippen molar-refractivity contribution >= 4 is 54.5 Å². The van der Waals surface area contributed by atoms with Gasteiger partial charge in [-0.2, -0.15) is 22.5 Å². The molecule has 1 aromatic carbocycles. The van der Waals surface area contributed by atoms with Gasteiger partial charge in [0.25, 0.3) is 20.0 Å². The molecule has 16 heteroatoms. The number of hydrogen-bond acceptors (Lipinski definition) is 10. The van der Waals surface area contributed by atoms with Crippen molar-refractivity contribution < 1.29 is 31.1 Å². The first-order valence-corrected chi connectivity index (χ1v) is 11.9. The molecule has 0 aliphatic heterocycles. The van der Waals surface area contributed by atoms with E-state index in [9.17, 15) is 21.6 Å². The molecule has 3 aromatic rings. The Balaban J connectivity index is 1.98. The summed E-state index contributed by atoms with van der Waals surface area (Å²) in [5.74, 6) is -0.210. The fourth-order valence-corrected chi connectivity index (χ4v) is 4.65. The third kappa shape index (κ3) is 4.62. The molecule has 0 unspecified atom stereocenters. The molecule has 2 heterocycles. The molecule has 166 valence electrons. The van der Waals surface area contributed by atoms with Crippen LogP contribution in [0.5, 0.6) is 11.8 Å². The Labute approximate surface area is 181 Å². The zero-order valence-electron chi connectivity index (χ0n) is 16.2. The molecular formula is C15H15ClN6O7S2. The van der Waals surface area contributed by atoms with Crippen molar-refractivity contribution in [3.8, 4) is 11.8 Å². The van der Waals surface area contributed by atoms with Crippen LogP contribution in [0, 0.1) is 0 Å². The van der Waals surface area contributed by atoms with E-state index in [2.05, 4.69) is 20.4 Å². The number of ether oxygens (including phenoxy) is 2. The summed E-state index contributed by atoms with van der Waals surface area (Å²) in [4.78, 5) is 20.0. The lowest BCUT2D eigenvalue weighted by Gasteiger charge is -2.08. The van der Waals surface area contributed by atoms with Gasteiger partial charge in [-0.05, 0) is 12.1 Å². The number of halogens is 1. The van der Waals surface area contributed by atoms with Crippen LogP contribution in [0.1, 0.15) is 0 Å². The second-order valence-electron chi connectivity index (χ2n) is 5.88. The highest BCUT2D eigenvalue weighted by molar-refractivity contribution is 7.90. The van der Waals surface area contributed by atoms with E-state index in [1.54, 1.807) is 4.72 Å². The average molecular weight is 491 g/mol. The summed E-state index contributed by atoms with van der Waals surface area (Å²) in [5.41, 5.74) is -0.0725. The van der Waals surface area contributed by atoms with Gasteiger partial charge in [0, 0.05) is 0 Å². The van der Waals surface area contributed by atoms with E-state index in [0.717, 1.165) is 6.26 Å². The van der Waals surface area contributed by atoms with E-state index in [4.69, 9.17) is 21.1 Å². The first kappa shape index (κ1) is 22.5. The van der Waals surface area contributed by atoms with Crippen molar-refractivity contribution in [3.05, 3.63) is 29.3 Å². The fourth-order valence-electron chi connectivity index (χ4n) is 2.48. The van der Waals surface area contributed by atoms with Crippen molar-refractivity contribution in [2.24, 2.45) is 0 Å². The number of rotatable bonds is 6. The van der Waals surface area contributed by atoms with Crippen LogP contribution in [0.2, 0.25) is 5.02 Å². The first-order chi connectivity index (χ1) is 14.5. The number of urea groups is 1. The van der Waals surface area contributed by atoms with Gasteiger partial charge >= 0.3 is 6.03 Å². The van der Waals surface area contributed by atoms with Gasteiger partial charge in [0.1, 0.15) is 0 Å². The van der Waals surface area contributed by atoms with Gasteiger partial charge in [-0.25, -0.2) is 17.9 Å². The third-order valence-corrected chi connectivity index (χ3v) is 6.18. The van der Waals surface area contributed by atoms with Gasteiger partial charge in [-0.1, -0.05) is 17.7 Å². The van der Waals surface area contributed by atoms with E-state index >= 15 is 0 Å². The van der Waals surface area contributed by atoms with Gasteiger partial charge in [0.15, 0.2) is 0 Å². The minimum absolute atomic E-state index is 0.0506. The summed E-state index contributed by atoms with van der Waals surface area (Å²) >= 11 is 6.08. The zero-order chi connectivity index (χ0) is 23.0. The Hall–Kier alpha value is -3.17. The number of fused-ring (bicyclic) bond motifs is 1. The van der Waals surface area contributed by atoms with E-state index in [1.807, 2.05) is 0 Å². The molecule has 3 rings (SSSR count). The standard InChI is InChI=1S/C15H15ClN6O7S2/c1-28-10-7-11(29-2)18-14(17-10)19-15(23)21-31(26,27)13-12-8(16)5-4-6-9(12)22(20-13)30(3,24)25/h4-7H,1-3H3,(H2,17,18,19,21,23). The van der Waals surface area contributed by atoms with Crippen molar-refractivity contribution in [2.45, 2.75) is 5.03 Å². The summed E-state index contributed by atoms with van der Waals surface area (Å²) in [6.45, 7) is 0. The minimum atomic E-state index is -4.66. The lowest BCUT2D eigenvalue weighted by atomic mass is 10.3. The number of nitrogens with zero attached hydrogens (tertiary/aromatic N) is 4. The number of amides is 2. The van der Waals surface area contributed by atoms with Crippen molar-refractivity contribution in [1.82, 2.24) is 23.9 Å². The van der Waals surface area contributed by atoms with E-state index in [0.29, 0.717) is 4.09 Å². The number of aromatic nitrogens is 4. The molecule has 0 bridgehead atoms. The predicted octanol–water partition coefficient (Wildman–Crippen LogP) is 0.815. The monoisotopic (exact) mass is 490 g/mol. The SMILES string of the molecule is COc1cc(OC)nc(NC(=O)NS(=O)(=O)c2nn(S(C)(=O)=O)c3cccc(Cl)c23)n1. The smallest absolute Gasteiger partial charge is 0.335 e. The maximum atomic E-state index is 12.8. The number of sulfonamides is 1. The number of hydrogen-bond donors (Lipinski definition) is 2. The van der Waals surface area contributed by atoms with Gasteiger partial charge in [0.2, 0.25) is 22.7 Å². The number of methoxy groups -OCH3 is 2. The highest BCUT2D eigenvalue weighted by Crippen LogP contribution is 2.30. The van der Waals surface area contributed by atoms with Crippen molar-refractivity contribution in [2.75, 3.05) is 25.8 Å². The van der Waals surface area contributed by atoms with Crippen LogP contribution in [0.3, 0.4) is 0 Å². The van der Waals surface area contributed by atoms with Crippen molar-refractivity contribution in [1.29, 1.82) is 0 Å². The molecule has 0 aliphatic rings. The molecule has 0 saturated heterocycles. The Morgan fingerprint density at radius 2 is 1.71 bits per heavy atom. The molecule has 0 aliphatic carbocycles. The largest absolute Gasteiger partial charge is 0.481 e. The number of nitrogens with one attached hydrogen (secondary N) is 2. The van der Waals surface area contributed by atoms with Crippen LogP contribution in [0.4, 0.5) is 10.7 Å². The quantitative estimate of drug-likeness (QED) is 0.503. The highest BCUT2D eigenvalue weighted by Gasteiger charge is 2.29. The van der Waals surface area contributed by atoms with Crippen LogP contribution in [-0.2, 0) is 20.0 Å². The third-order valence-electron chi connectivity index (χ3n) is 3.71. The second kappa shape index (κ2) is 8.16. The van der Waals surface area contributed by atoms with Crippen LogP contribution >= 0.6 is 11.6 Å².